The van der Waals surface area contributed by atoms with E-state index in [-0.39, 0.29) is 11.5 Å². The van der Waals surface area contributed by atoms with Gasteiger partial charge in [-0.2, -0.15) is 0 Å². The van der Waals surface area contributed by atoms with E-state index in [1.807, 2.05) is 0 Å². The van der Waals surface area contributed by atoms with Crippen LogP contribution in [0.2, 0.25) is 0 Å². The zero-order chi connectivity index (χ0) is 21.0. The predicted octanol–water partition coefficient (Wildman–Crippen LogP) is 6.50. The zero-order valence-electron chi connectivity index (χ0n) is 19.7. The molecule has 0 saturated heterocycles. The van der Waals surface area contributed by atoms with Gasteiger partial charge in [-0.1, -0.05) is 65.5 Å². The SMILES string of the molecule is CC(C)CCC[C@@H](C)[C@H]1CC[C@@H]2[C@]1(C)CC[C@H]1[C@@]2(O)CC=C2C[C@@H](O)CC[C@@]21C. The van der Waals surface area contributed by atoms with E-state index in [0.29, 0.717) is 17.3 Å². The highest BCUT2D eigenvalue weighted by atomic mass is 16.3. The summed E-state index contributed by atoms with van der Waals surface area (Å²) in [5.74, 6) is 3.20. The molecule has 0 spiro atoms. The van der Waals surface area contributed by atoms with E-state index in [9.17, 15) is 10.2 Å². The molecule has 0 amide bonds. The highest BCUT2D eigenvalue weighted by Crippen LogP contribution is 2.68. The molecule has 0 unspecified atom stereocenters. The van der Waals surface area contributed by atoms with Crippen molar-refractivity contribution in [2.75, 3.05) is 0 Å². The summed E-state index contributed by atoms with van der Waals surface area (Å²) < 4.78 is 0. The molecular weight excluding hydrogens is 356 g/mol. The van der Waals surface area contributed by atoms with Gasteiger partial charge in [0.1, 0.15) is 0 Å². The summed E-state index contributed by atoms with van der Waals surface area (Å²) in [6.07, 6.45) is 14.8. The van der Waals surface area contributed by atoms with Crippen LogP contribution < -0.4 is 0 Å². The minimum absolute atomic E-state index is 0.106. The fraction of sp³-hybridized carbons (Fsp3) is 0.926. The van der Waals surface area contributed by atoms with E-state index in [1.54, 1.807) is 0 Å². The van der Waals surface area contributed by atoms with Crippen molar-refractivity contribution in [1.82, 2.24) is 0 Å². The Labute approximate surface area is 179 Å². The number of fused-ring (bicyclic) bond motifs is 5. The van der Waals surface area contributed by atoms with Crippen molar-refractivity contribution in [3.63, 3.8) is 0 Å². The first kappa shape index (κ1) is 21.9. The maximum atomic E-state index is 12.2. The van der Waals surface area contributed by atoms with E-state index in [0.717, 1.165) is 43.4 Å². The zero-order valence-corrected chi connectivity index (χ0v) is 19.7. The molecule has 166 valence electrons. The molecule has 0 aromatic rings. The van der Waals surface area contributed by atoms with Crippen molar-refractivity contribution in [3.05, 3.63) is 11.6 Å². The molecule has 0 aliphatic heterocycles. The lowest BCUT2D eigenvalue weighted by Crippen LogP contribution is -2.61. The molecule has 4 aliphatic carbocycles. The summed E-state index contributed by atoms with van der Waals surface area (Å²) in [6, 6.07) is 0. The summed E-state index contributed by atoms with van der Waals surface area (Å²) in [7, 11) is 0. The smallest absolute Gasteiger partial charge is 0.0751 e. The number of aliphatic hydroxyl groups is 2. The molecule has 2 N–H and O–H groups in total. The first-order valence-electron chi connectivity index (χ1n) is 12.7. The van der Waals surface area contributed by atoms with Crippen molar-refractivity contribution >= 4 is 0 Å². The van der Waals surface area contributed by atoms with Crippen LogP contribution in [0.15, 0.2) is 11.6 Å². The Bertz CT molecular complexity index is 638. The maximum Gasteiger partial charge on any atom is 0.0751 e. The monoisotopic (exact) mass is 402 g/mol. The van der Waals surface area contributed by atoms with Gasteiger partial charge in [0, 0.05) is 0 Å². The predicted molar refractivity (Wildman–Crippen MR) is 121 cm³/mol. The van der Waals surface area contributed by atoms with E-state index in [2.05, 4.69) is 40.7 Å². The maximum absolute atomic E-state index is 12.2. The summed E-state index contributed by atoms with van der Waals surface area (Å²) in [5, 5.41) is 22.4. The van der Waals surface area contributed by atoms with Crippen molar-refractivity contribution in [1.29, 1.82) is 0 Å². The van der Waals surface area contributed by atoms with Gasteiger partial charge < -0.3 is 10.2 Å². The number of rotatable bonds is 5. The summed E-state index contributed by atoms with van der Waals surface area (Å²) in [5.41, 5.74) is 1.33. The highest BCUT2D eigenvalue weighted by Gasteiger charge is 2.65. The van der Waals surface area contributed by atoms with Gasteiger partial charge in [0.2, 0.25) is 0 Å². The first-order valence-corrected chi connectivity index (χ1v) is 12.7. The Balaban J connectivity index is 1.55. The van der Waals surface area contributed by atoms with Crippen LogP contribution in [0.5, 0.6) is 0 Å². The second-order valence-corrected chi connectivity index (χ2v) is 12.4. The van der Waals surface area contributed by atoms with Gasteiger partial charge in [-0.25, -0.2) is 0 Å². The average Bonchev–Trinajstić information content (AvgIpc) is 3.00. The molecule has 8 atom stereocenters. The van der Waals surface area contributed by atoms with Gasteiger partial charge in [0.15, 0.2) is 0 Å². The Kier molecular flexibility index (Phi) is 5.78. The lowest BCUT2D eigenvalue weighted by molar-refractivity contribution is -0.182. The van der Waals surface area contributed by atoms with E-state index in [1.165, 1.54) is 50.5 Å². The van der Waals surface area contributed by atoms with E-state index >= 15 is 0 Å². The third-order valence-electron chi connectivity index (χ3n) is 10.3. The van der Waals surface area contributed by atoms with Crippen LogP contribution >= 0.6 is 0 Å². The molecule has 0 heterocycles. The topological polar surface area (TPSA) is 40.5 Å². The standard InChI is InChI=1S/C27H46O2/c1-18(2)7-6-8-19(3)22-9-10-23-26(22,5)15-13-24-25(4)14-12-21(28)17-20(25)11-16-27(23,24)29/h11,18-19,21-24,28-29H,6-10,12-17H2,1-5H3/t19-,21+,22-,23-,24-,25+,26-,27-/m1/s1. The summed E-state index contributed by atoms with van der Waals surface area (Å²) >= 11 is 0. The van der Waals surface area contributed by atoms with Crippen molar-refractivity contribution < 1.29 is 10.2 Å². The fourth-order valence-corrected chi connectivity index (χ4v) is 8.75. The van der Waals surface area contributed by atoms with Gasteiger partial charge in [0.25, 0.3) is 0 Å². The van der Waals surface area contributed by atoms with Gasteiger partial charge in [-0.05, 0) is 91.8 Å². The number of aliphatic hydroxyl groups excluding tert-OH is 1. The number of hydrogen-bond donors (Lipinski definition) is 2. The van der Waals surface area contributed by atoms with Crippen molar-refractivity contribution in [2.24, 2.45) is 40.4 Å². The molecule has 29 heavy (non-hydrogen) atoms. The van der Waals surface area contributed by atoms with Crippen LogP contribution in [0.4, 0.5) is 0 Å². The lowest BCUT2D eigenvalue weighted by atomic mass is 9.45. The molecule has 2 heteroatoms. The second-order valence-electron chi connectivity index (χ2n) is 12.4. The van der Waals surface area contributed by atoms with Crippen LogP contribution in [-0.2, 0) is 0 Å². The van der Waals surface area contributed by atoms with Crippen LogP contribution in [-0.4, -0.2) is 21.9 Å². The van der Waals surface area contributed by atoms with Gasteiger partial charge in [0.05, 0.1) is 11.7 Å². The Morgan fingerprint density at radius 1 is 1.00 bits per heavy atom. The van der Waals surface area contributed by atoms with Gasteiger partial charge in [-0.3, -0.25) is 0 Å². The molecule has 2 nitrogen and oxygen atoms in total. The highest BCUT2D eigenvalue weighted by molar-refractivity contribution is 5.29. The Morgan fingerprint density at radius 3 is 2.48 bits per heavy atom. The van der Waals surface area contributed by atoms with E-state index in [4.69, 9.17) is 0 Å². The quantitative estimate of drug-likeness (QED) is 0.515. The minimum atomic E-state index is -0.528. The molecule has 4 aliphatic rings. The molecule has 0 radical (unpaired) electrons. The van der Waals surface area contributed by atoms with Crippen LogP contribution in [0, 0.1) is 40.4 Å². The first-order chi connectivity index (χ1) is 13.6. The average molecular weight is 403 g/mol. The summed E-state index contributed by atoms with van der Waals surface area (Å²) in [4.78, 5) is 0. The lowest BCUT2D eigenvalue weighted by Gasteiger charge is -2.62. The minimum Gasteiger partial charge on any atom is -0.393 e. The molecule has 0 bridgehead atoms. The van der Waals surface area contributed by atoms with Crippen molar-refractivity contribution in [2.45, 2.75) is 117 Å². The van der Waals surface area contributed by atoms with Gasteiger partial charge in [-0.15, -0.1) is 0 Å². The fourth-order valence-electron chi connectivity index (χ4n) is 8.75. The Hall–Kier alpha value is -0.340. The normalized spacial score (nSPS) is 47.9. The van der Waals surface area contributed by atoms with Crippen LogP contribution in [0.25, 0.3) is 0 Å². The summed E-state index contributed by atoms with van der Waals surface area (Å²) in [6.45, 7) is 12.1. The molecule has 4 rings (SSSR count). The Morgan fingerprint density at radius 2 is 1.76 bits per heavy atom. The second kappa shape index (κ2) is 7.66. The molecule has 3 saturated carbocycles. The van der Waals surface area contributed by atoms with E-state index < -0.39 is 5.60 Å². The largest absolute Gasteiger partial charge is 0.393 e. The van der Waals surface area contributed by atoms with Gasteiger partial charge >= 0.3 is 0 Å². The van der Waals surface area contributed by atoms with Crippen LogP contribution in [0.1, 0.15) is 105 Å². The number of hydrogen-bond acceptors (Lipinski definition) is 2. The third kappa shape index (κ3) is 3.45. The van der Waals surface area contributed by atoms with Crippen LogP contribution in [0.3, 0.4) is 0 Å². The molecular formula is C27H46O2. The molecule has 0 aromatic carbocycles. The van der Waals surface area contributed by atoms with Crippen molar-refractivity contribution in [3.8, 4) is 0 Å². The third-order valence-corrected chi connectivity index (χ3v) is 10.3. The molecule has 0 aromatic heterocycles. The molecule has 3 fully saturated rings.